The van der Waals surface area contributed by atoms with Gasteiger partial charge in [-0.05, 0) is 55.7 Å². The first-order valence-electron chi connectivity index (χ1n) is 7.17. The monoisotopic (exact) mass is 263 g/mol. The molecule has 1 atom stereocenters. The second-order valence-electron chi connectivity index (χ2n) is 6.90. The van der Waals surface area contributed by atoms with Gasteiger partial charge in [-0.25, -0.2) is 0 Å². The van der Waals surface area contributed by atoms with Crippen molar-refractivity contribution in [2.24, 2.45) is 11.1 Å². The molecule has 1 aromatic carbocycles. The van der Waals surface area contributed by atoms with Crippen LogP contribution >= 0.6 is 0 Å². The molecule has 0 amide bonds. The minimum atomic E-state index is 0.200. The molecule has 0 saturated heterocycles. The van der Waals surface area contributed by atoms with E-state index in [4.69, 9.17) is 10.5 Å². The Balaban J connectivity index is 2.74. The summed E-state index contributed by atoms with van der Waals surface area (Å²) in [5, 5.41) is 0. The Kier molecular flexibility index (Phi) is 5.42. The molecule has 2 nitrogen and oxygen atoms in total. The third-order valence-corrected chi connectivity index (χ3v) is 3.18. The van der Waals surface area contributed by atoms with E-state index in [2.05, 4.69) is 46.8 Å². The number of hydrogen-bond acceptors (Lipinski definition) is 2. The first kappa shape index (κ1) is 16.0. The highest BCUT2D eigenvalue weighted by atomic mass is 16.5. The predicted molar refractivity (Wildman–Crippen MR) is 82.8 cm³/mol. The molecular formula is C17H29NO. The van der Waals surface area contributed by atoms with Crippen molar-refractivity contribution in [1.82, 2.24) is 0 Å². The van der Waals surface area contributed by atoms with E-state index >= 15 is 0 Å². The first-order valence-corrected chi connectivity index (χ1v) is 7.17. The zero-order chi connectivity index (χ0) is 14.6. The molecule has 2 N–H and O–H groups in total. The first-order chi connectivity index (χ1) is 8.69. The van der Waals surface area contributed by atoms with Crippen molar-refractivity contribution in [1.29, 1.82) is 0 Å². The summed E-state index contributed by atoms with van der Waals surface area (Å²) >= 11 is 0. The fourth-order valence-electron chi connectivity index (χ4n) is 2.22. The molecule has 0 aliphatic rings. The molecule has 0 saturated carbocycles. The van der Waals surface area contributed by atoms with Crippen LogP contribution in [0.5, 0.6) is 5.75 Å². The Morgan fingerprint density at radius 2 is 1.68 bits per heavy atom. The van der Waals surface area contributed by atoms with Crippen LogP contribution < -0.4 is 10.5 Å². The minimum absolute atomic E-state index is 0.200. The van der Waals surface area contributed by atoms with Gasteiger partial charge in [-0.3, -0.25) is 0 Å². The number of aryl methyl sites for hydroxylation is 2. The van der Waals surface area contributed by atoms with E-state index in [1.165, 1.54) is 16.7 Å². The minimum Gasteiger partial charge on any atom is -0.493 e. The largest absolute Gasteiger partial charge is 0.493 e. The predicted octanol–water partition coefficient (Wildman–Crippen LogP) is 4.01. The highest BCUT2D eigenvalue weighted by Gasteiger charge is 2.12. The third kappa shape index (κ3) is 5.65. The molecule has 108 valence electrons. The summed E-state index contributed by atoms with van der Waals surface area (Å²) in [7, 11) is 0. The molecular weight excluding hydrogens is 234 g/mol. The summed E-state index contributed by atoms with van der Waals surface area (Å²) < 4.78 is 5.97. The summed E-state index contributed by atoms with van der Waals surface area (Å²) in [6, 6.07) is 4.59. The number of hydrogen-bond donors (Lipinski definition) is 1. The van der Waals surface area contributed by atoms with Gasteiger partial charge >= 0.3 is 0 Å². The summed E-state index contributed by atoms with van der Waals surface area (Å²) in [5.41, 5.74) is 9.90. The molecule has 0 aromatic heterocycles. The quantitative estimate of drug-likeness (QED) is 0.871. The zero-order valence-corrected chi connectivity index (χ0v) is 13.3. The van der Waals surface area contributed by atoms with Gasteiger partial charge in [-0.2, -0.15) is 0 Å². The van der Waals surface area contributed by atoms with Gasteiger partial charge in [-0.15, -0.1) is 0 Å². The molecule has 0 aliphatic carbocycles. The molecule has 0 bridgehead atoms. The Morgan fingerprint density at radius 3 is 2.11 bits per heavy atom. The van der Waals surface area contributed by atoms with Gasteiger partial charge in [0.25, 0.3) is 0 Å². The van der Waals surface area contributed by atoms with Gasteiger partial charge in [-0.1, -0.05) is 32.9 Å². The molecule has 0 spiro atoms. The van der Waals surface area contributed by atoms with E-state index in [0.717, 1.165) is 25.2 Å². The number of rotatable bonds is 5. The van der Waals surface area contributed by atoms with Gasteiger partial charge < -0.3 is 10.5 Å². The average molecular weight is 263 g/mol. The van der Waals surface area contributed by atoms with E-state index in [1.807, 2.05) is 6.92 Å². The normalized spacial score (nSPS) is 13.4. The standard InChI is InChI=1S/C17H29NO/c1-12-9-15(11-14(3)18)10-13(2)16(12)19-8-7-17(4,5)6/h9-10,14H,7-8,11,18H2,1-6H3. The van der Waals surface area contributed by atoms with Crippen LogP contribution in [0.15, 0.2) is 12.1 Å². The molecule has 2 heteroatoms. The fourth-order valence-corrected chi connectivity index (χ4v) is 2.22. The van der Waals surface area contributed by atoms with Gasteiger partial charge in [0, 0.05) is 6.04 Å². The Bertz CT molecular complexity index is 393. The summed E-state index contributed by atoms with van der Waals surface area (Å²) in [6.45, 7) is 13.8. The lowest BCUT2D eigenvalue weighted by Gasteiger charge is -2.20. The van der Waals surface area contributed by atoms with Crippen molar-refractivity contribution in [2.45, 2.75) is 60.4 Å². The number of nitrogens with two attached hydrogens (primary N) is 1. The topological polar surface area (TPSA) is 35.2 Å². The van der Waals surface area contributed by atoms with E-state index in [1.54, 1.807) is 0 Å². The van der Waals surface area contributed by atoms with Crippen molar-refractivity contribution >= 4 is 0 Å². The van der Waals surface area contributed by atoms with E-state index in [-0.39, 0.29) is 6.04 Å². The third-order valence-electron chi connectivity index (χ3n) is 3.18. The van der Waals surface area contributed by atoms with Crippen LogP contribution in [0.25, 0.3) is 0 Å². The maximum absolute atomic E-state index is 5.97. The zero-order valence-electron chi connectivity index (χ0n) is 13.3. The number of ether oxygens (including phenoxy) is 1. The Morgan fingerprint density at radius 1 is 1.16 bits per heavy atom. The maximum Gasteiger partial charge on any atom is 0.125 e. The van der Waals surface area contributed by atoms with Crippen molar-refractivity contribution in [3.63, 3.8) is 0 Å². The van der Waals surface area contributed by atoms with E-state index in [0.29, 0.717) is 5.41 Å². The van der Waals surface area contributed by atoms with E-state index in [9.17, 15) is 0 Å². The van der Waals surface area contributed by atoms with Crippen LogP contribution in [0, 0.1) is 19.3 Å². The summed E-state index contributed by atoms with van der Waals surface area (Å²) in [4.78, 5) is 0. The Labute approximate surface area is 118 Å². The van der Waals surface area contributed by atoms with Crippen LogP contribution in [-0.4, -0.2) is 12.6 Å². The molecule has 1 rings (SSSR count). The average Bonchev–Trinajstić information content (AvgIpc) is 2.19. The molecule has 0 radical (unpaired) electrons. The highest BCUT2D eigenvalue weighted by Crippen LogP contribution is 2.27. The van der Waals surface area contributed by atoms with Gasteiger partial charge in [0.05, 0.1) is 6.61 Å². The van der Waals surface area contributed by atoms with Crippen LogP contribution in [-0.2, 0) is 6.42 Å². The lowest BCUT2D eigenvalue weighted by atomic mass is 9.93. The van der Waals surface area contributed by atoms with Gasteiger partial charge in [0.2, 0.25) is 0 Å². The lowest BCUT2D eigenvalue weighted by Crippen LogP contribution is -2.18. The lowest BCUT2D eigenvalue weighted by molar-refractivity contribution is 0.240. The second-order valence-corrected chi connectivity index (χ2v) is 6.90. The smallest absolute Gasteiger partial charge is 0.125 e. The molecule has 0 fully saturated rings. The molecule has 0 heterocycles. The van der Waals surface area contributed by atoms with Crippen LogP contribution in [0.1, 0.15) is 50.8 Å². The van der Waals surface area contributed by atoms with Gasteiger partial charge in [0.1, 0.15) is 5.75 Å². The highest BCUT2D eigenvalue weighted by molar-refractivity contribution is 5.43. The maximum atomic E-state index is 5.97. The molecule has 19 heavy (non-hydrogen) atoms. The summed E-state index contributed by atoms with van der Waals surface area (Å²) in [6.07, 6.45) is 1.98. The molecule has 1 unspecified atom stereocenters. The van der Waals surface area contributed by atoms with Crippen LogP contribution in [0.4, 0.5) is 0 Å². The number of benzene rings is 1. The van der Waals surface area contributed by atoms with Crippen molar-refractivity contribution in [3.05, 3.63) is 28.8 Å². The van der Waals surface area contributed by atoms with Crippen molar-refractivity contribution in [3.8, 4) is 5.75 Å². The fraction of sp³-hybridized carbons (Fsp3) is 0.647. The van der Waals surface area contributed by atoms with Crippen molar-refractivity contribution < 1.29 is 4.74 Å². The molecule has 1 aromatic rings. The molecule has 0 aliphatic heterocycles. The van der Waals surface area contributed by atoms with Crippen LogP contribution in [0.2, 0.25) is 0 Å². The van der Waals surface area contributed by atoms with Gasteiger partial charge in [0.15, 0.2) is 0 Å². The second kappa shape index (κ2) is 6.42. The van der Waals surface area contributed by atoms with E-state index < -0.39 is 0 Å². The SMILES string of the molecule is Cc1cc(CC(C)N)cc(C)c1OCCC(C)(C)C. The van der Waals surface area contributed by atoms with Crippen molar-refractivity contribution in [2.75, 3.05) is 6.61 Å². The van der Waals surface area contributed by atoms with Crippen LogP contribution in [0.3, 0.4) is 0 Å². The Hall–Kier alpha value is -1.02. The summed E-state index contributed by atoms with van der Waals surface area (Å²) in [5.74, 6) is 1.04.